The van der Waals surface area contributed by atoms with Gasteiger partial charge in [-0.05, 0) is 38.5 Å². The molecule has 0 atom stereocenters. The van der Waals surface area contributed by atoms with Gasteiger partial charge in [0.1, 0.15) is 0 Å². The zero-order valence-corrected chi connectivity index (χ0v) is 11.6. The van der Waals surface area contributed by atoms with E-state index in [0.717, 1.165) is 28.9 Å². The number of aryl methyl sites for hydroxylation is 3. The fourth-order valence-corrected chi connectivity index (χ4v) is 2.01. The molecule has 2 aromatic rings. The number of rotatable bonds is 4. The Morgan fingerprint density at radius 3 is 2.74 bits per heavy atom. The van der Waals surface area contributed by atoms with Gasteiger partial charge in [0.15, 0.2) is 0 Å². The van der Waals surface area contributed by atoms with Gasteiger partial charge in [-0.25, -0.2) is 0 Å². The Bertz CT molecular complexity index is 587. The van der Waals surface area contributed by atoms with Crippen LogP contribution < -0.4 is 5.32 Å². The normalized spacial score (nSPS) is 10.5. The SMILES string of the molecule is CCn1ccc(CNC(=O)c2ccc(C)cc2C)n1. The van der Waals surface area contributed by atoms with Crippen molar-refractivity contribution in [1.82, 2.24) is 15.1 Å². The molecule has 1 aromatic carbocycles. The Morgan fingerprint density at radius 1 is 1.32 bits per heavy atom. The molecular formula is C15H19N3O. The maximum Gasteiger partial charge on any atom is 0.251 e. The number of nitrogens with zero attached hydrogens (tertiary/aromatic N) is 2. The second kappa shape index (κ2) is 5.69. The summed E-state index contributed by atoms with van der Waals surface area (Å²) >= 11 is 0. The van der Waals surface area contributed by atoms with Gasteiger partial charge in [0.2, 0.25) is 0 Å². The number of benzene rings is 1. The van der Waals surface area contributed by atoms with E-state index in [1.807, 2.05) is 55.9 Å². The first-order valence-corrected chi connectivity index (χ1v) is 6.48. The fraction of sp³-hybridized carbons (Fsp3) is 0.333. The van der Waals surface area contributed by atoms with Crippen molar-refractivity contribution >= 4 is 5.91 Å². The molecule has 0 aliphatic heterocycles. The molecule has 1 amide bonds. The molecule has 0 unspecified atom stereocenters. The third-order valence-corrected chi connectivity index (χ3v) is 3.08. The Hall–Kier alpha value is -2.10. The molecule has 1 aromatic heterocycles. The third-order valence-electron chi connectivity index (χ3n) is 3.08. The van der Waals surface area contributed by atoms with Crippen LogP contribution in [0.5, 0.6) is 0 Å². The molecule has 2 rings (SSSR count). The van der Waals surface area contributed by atoms with Crippen LogP contribution in [0.3, 0.4) is 0 Å². The molecule has 0 aliphatic rings. The van der Waals surface area contributed by atoms with Crippen molar-refractivity contribution < 1.29 is 4.79 Å². The summed E-state index contributed by atoms with van der Waals surface area (Å²) in [6.45, 7) is 7.30. The lowest BCUT2D eigenvalue weighted by Gasteiger charge is -2.07. The molecule has 0 aliphatic carbocycles. The minimum absolute atomic E-state index is 0.0523. The first-order chi connectivity index (χ1) is 9.10. The zero-order valence-electron chi connectivity index (χ0n) is 11.6. The standard InChI is InChI=1S/C15H19N3O/c1-4-18-8-7-13(17-18)10-16-15(19)14-6-5-11(2)9-12(14)3/h5-9H,4,10H2,1-3H3,(H,16,19). The highest BCUT2D eigenvalue weighted by atomic mass is 16.1. The number of carbonyl (C=O) groups excluding carboxylic acids is 1. The van der Waals surface area contributed by atoms with Crippen LogP contribution in [0.15, 0.2) is 30.5 Å². The van der Waals surface area contributed by atoms with Crippen molar-refractivity contribution in [3.05, 3.63) is 52.8 Å². The van der Waals surface area contributed by atoms with Gasteiger partial charge >= 0.3 is 0 Å². The number of nitrogens with one attached hydrogen (secondary N) is 1. The molecule has 0 saturated heterocycles. The number of hydrogen-bond acceptors (Lipinski definition) is 2. The molecule has 4 nitrogen and oxygen atoms in total. The van der Waals surface area contributed by atoms with Gasteiger partial charge in [0, 0.05) is 18.3 Å². The van der Waals surface area contributed by atoms with E-state index in [1.165, 1.54) is 0 Å². The van der Waals surface area contributed by atoms with Crippen LogP contribution in [0, 0.1) is 13.8 Å². The van der Waals surface area contributed by atoms with Crippen LogP contribution in [0.25, 0.3) is 0 Å². The Kier molecular flexibility index (Phi) is 4.00. The molecule has 100 valence electrons. The van der Waals surface area contributed by atoms with Gasteiger partial charge in [-0.3, -0.25) is 9.48 Å². The predicted molar refractivity (Wildman–Crippen MR) is 75.0 cm³/mol. The van der Waals surface area contributed by atoms with E-state index < -0.39 is 0 Å². The molecule has 19 heavy (non-hydrogen) atoms. The van der Waals surface area contributed by atoms with Crippen molar-refractivity contribution in [3.63, 3.8) is 0 Å². The second-order valence-corrected chi connectivity index (χ2v) is 4.66. The van der Waals surface area contributed by atoms with Crippen molar-refractivity contribution in [2.24, 2.45) is 0 Å². The molecule has 0 bridgehead atoms. The van der Waals surface area contributed by atoms with Crippen molar-refractivity contribution in [3.8, 4) is 0 Å². The van der Waals surface area contributed by atoms with Gasteiger partial charge in [0.25, 0.3) is 5.91 Å². The van der Waals surface area contributed by atoms with Gasteiger partial charge in [-0.15, -0.1) is 0 Å². The Morgan fingerprint density at radius 2 is 2.11 bits per heavy atom. The molecule has 0 radical (unpaired) electrons. The molecule has 0 spiro atoms. The van der Waals surface area contributed by atoms with E-state index in [1.54, 1.807) is 0 Å². The largest absolute Gasteiger partial charge is 0.346 e. The zero-order chi connectivity index (χ0) is 13.8. The summed E-state index contributed by atoms with van der Waals surface area (Å²) in [6, 6.07) is 7.75. The van der Waals surface area contributed by atoms with Crippen LogP contribution in [-0.2, 0) is 13.1 Å². The Balaban J connectivity index is 2.01. The topological polar surface area (TPSA) is 46.9 Å². The predicted octanol–water partition coefficient (Wildman–Crippen LogP) is 2.45. The van der Waals surface area contributed by atoms with E-state index in [9.17, 15) is 4.79 Å². The van der Waals surface area contributed by atoms with Gasteiger partial charge in [0.05, 0.1) is 12.2 Å². The smallest absolute Gasteiger partial charge is 0.251 e. The van der Waals surface area contributed by atoms with E-state index in [2.05, 4.69) is 10.4 Å². The highest BCUT2D eigenvalue weighted by Gasteiger charge is 2.09. The first-order valence-electron chi connectivity index (χ1n) is 6.48. The maximum atomic E-state index is 12.1. The first kappa shape index (κ1) is 13.3. The van der Waals surface area contributed by atoms with Crippen LogP contribution in [0.2, 0.25) is 0 Å². The quantitative estimate of drug-likeness (QED) is 0.914. The van der Waals surface area contributed by atoms with Crippen molar-refractivity contribution in [2.75, 3.05) is 0 Å². The lowest BCUT2D eigenvalue weighted by Crippen LogP contribution is -2.24. The fourth-order valence-electron chi connectivity index (χ4n) is 2.01. The maximum absolute atomic E-state index is 12.1. The molecule has 1 N–H and O–H groups in total. The molecule has 4 heteroatoms. The van der Waals surface area contributed by atoms with Crippen LogP contribution in [0.1, 0.15) is 34.1 Å². The number of hydrogen-bond donors (Lipinski definition) is 1. The van der Waals surface area contributed by atoms with Gasteiger partial charge in [-0.1, -0.05) is 17.7 Å². The average Bonchev–Trinajstić information content (AvgIpc) is 2.84. The van der Waals surface area contributed by atoms with Gasteiger partial charge < -0.3 is 5.32 Å². The van der Waals surface area contributed by atoms with E-state index in [4.69, 9.17) is 0 Å². The summed E-state index contributed by atoms with van der Waals surface area (Å²) in [4.78, 5) is 12.1. The Labute approximate surface area is 113 Å². The summed E-state index contributed by atoms with van der Waals surface area (Å²) in [5, 5.41) is 7.23. The number of aromatic nitrogens is 2. The third kappa shape index (κ3) is 3.22. The van der Waals surface area contributed by atoms with Crippen LogP contribution >= 0.6 is 0 Å². The summed E-state index contributed by atoms with van der Waals surface area (Å²) in [5.74, 6) is -0.0523. The average molecular weight is 257 g/mol. The van der Waals surface area contributed by atoms with E-state index in [0.29, 0.717) is 6.54 Å². The van der Waals surface area contributed by atoms with Crippen LogP contribution in [-0.4, -0.2) is 15.7 Å². The summed E-state index contributed by atoms with van der Waals surface area (Å²) in [6.07, 6.45) is 1.92. The lowest BCUT2D eigenvalue weighted by atomic mass is 10.1. The summed E-state index contributed by atoms with van der Waals surface area (Å²) in [5.41, 5.74) is 3.76. The minimum atomic E-state index is -0.0523. The summed E-state index contributed by atoms with van der Waals surface area (Å²) in [7, 11) is 0. The molecule has 1 heterocycles. The molecular weight excluding hydrogens is 238 g/mol. The van der Waals surface area contributed by atoms with Crippen molar-refractivity contribution in [2.45, 2.75) is 33.9 Å². The second-order valence-electron chi connectivity index (χ2n) is 4.66. The lowest BCUT2D eigenvalue weighted by molar-refractivity contribution is 0.0949. The molecule has 0 saturated carbocycles. The number of carbonyl (C=O) groups is 1. The van der Waals surface area contributed by atoms with Crippen LogP contribution in [0.4, 0.5) is 0 Å². The minimum Gasteiger partial charge on any atom is -0.346 e. The number of amides is 1. The highest BCUT2D eigenvalue weighted by molar-refractivity contribution is 5.95. The van der Waals surface area contributed by atoms with E-state index >= 15 is 0 Å². The highest BCUT2D eigenvalue weighted by Crippen LogP contribution is 2.10. The van der Waals surface area contributed by atoms with Gasteiger partial charge in [-0.2, -0.15) is 5.10 Å². The summed E-state index contributed by atoms with van der Waals surface area (Å²) < 4.78 is 1.85. The molecule has 0 fully saturated rings. The van der Waals surface area contributed by atoms with E-state index in [-0.39, 0.29) is 5.91 Å². The van der Waals surface area contributed by atoms with Crippen molar-refractivity contribution in [1.29, 1.82) is 0 Å². The monoisotopic (exact) mass is 257 g/mol.